The standard InChI is InChI=1S/C21H29FN4O3S.HI/c1-4-24-21(25-13-16(2)29-20-11-9-19(22)10-12-20)26-14-17-5-7-18(8-6-17)15-30(27,28)23-3;/h5-12,16,23H,4,13-15H2,1-3H3,(H2,24,25,26);1H. The zero-order chi connectivity index (χ0) is 22.0. The predicted molar refractivity (Wildman–Crippen MR) is 133 cm³/mol. The van der Waals surface area contributed by atoms with E-state index in [9.17, 15) is 12.8 Å². The van der Waals surface area contributed by atoms with Crippen LogP contribution in [0.25, 0.3) is 0 Å². The zero-order valence-corrected chi connectivity index (χ0v) is 21.0. The van der Waals surface area contributed by atoms with Crippen LogP contribution in [0.1, 0.15) is 25.0 Å². The lowest BCUT2D eigenvalue weighted by molar-refractivity contribution is 0.223. The molecule has 2 aromatic carbocycles. The van der Waals surface area contributed by atoms with E-state index in [4.69, 9.17) is 4.74 Å². The molecule has 31 heavy (non-hydrogen) atoms. The number of guanidine groups is 1. The van der Waals surface area contributed by atoms with Crippen molar-refractivity contribution >= 4 is 40.0 Å². The van der Waals surface area contributed by atoms with Gasteiger partial charge in [-0.05, 0) is 56.3 Å². The minimum atomic E-state index is -3.29. The number of nitrogens with zero attached hydrogens (tertiary/aromatic N) is 1. The normalized spacial score (nSPS) is 12.6. The Kier molecular flexibility index (Phi) is 11.8. The molecule has 2 rings (SSSR count). The molecule has 1 unspecified atom stereocenters. The van der Waals surface area contributed by atoms with Gasteiger partial charge in [-0.1, -0.05) is 24.3 Å². The van der Waals surface area contributed by atoms with Crippen LogP contribution in [0.15, 0.2) is 53.5 Å². The Bertz CT molecular complexity index is 923. The predicted octanol–water partition coefficient (Wildman–Crippen LogP) is 3.02. The van der Waals surface area contributed by atoms with Crippen molar-refractivity contribution in [2.45, 2.75) is 32.2 Å². The lowest BCUT2D eigenvalue weighted by Crippen LogP contribution is -2.41. The Morgan fingerprint density at radius 1 is 1.06 bits per heavy atom. The van der Waals surface area contributed by atoms with Crippen molar-refractivity contribution in [3.8, 4) is 5.75 Å². The first-order chi connectivity index (χ1) is 14.3. The van der Waals surface area contributed by atoms with Crippen molar-refractivity contribution in [2.75, 3.05) is 20.1 Å². The minimum absolute atomic E-state index is 0. The number of benzene rings is 2. The quantitative estimate of drug-likeness (QED) is 0.235. The van der Waals surface area contributed by atoms with E-state index < -0.39 is 10.0 Å². The summed E-state index contributed by atoms with van der Waals surface area (Å²) in [5, 5.41) is 6.40. The first-order valence-corrected chi connectivity index (χ1v) is 11.4. The van der Waals surface area contributed by atoms with Gasteiger partial charge in [0.25, 0.3) is 0 Å². The summed E-state index contributed by atoms with van der Waals surface area (Å²) in [7, 11) is -1.88. The number of hydrogen-bond donors (Lipinski definition) is 3. The molecule has 0 spiro atoms. The average Bonchev–Trinajstić information content (AvgIpc) is 2.72. The van der Waals surface area contributed by atoms with E-state index in [1.54, 1.807) is 24.3 Å². The zero-order valence-electron chi connectivity index (χ0n) is 17.9. The number of ether oxygens (including phenoxy) is 1. The van der Waals surface area contributed by atoms with Gasteiger partial charge >= 0.3 is 0 Å². The molecule has 0 aromatic heterocycles. The molecular formula is C21H30FIN4O3S. The number of rotatable bonds is 10. The van der Waals surface area contributed by atoms with Crippen molar-refractivity contribution in [2.24, 2.45) is 4.99 Å². The maximum Gasteiger partial charge on any atom is 0.215 e. The van der Waals surface area contributed by atoms with Crippen LogP contribution in [0.2, 0.25) is 0 Å². The fourth-order valence-electron chi connectivity index (χ4n) is 2.57. The van der Waals surface area contributed by atoms with E-state index in [1.807, 2.05) is 26.0 Å². The van der Waals surface area contributed by atoms with Crippen LogP contribution < -0.4 is 20.1 Å². The van der Waals surface area contributed by atoms with E-state index in [2.05, 4.69) is 20.3 Å². The van der Waals surface area contributed by atoms with Gasteiger partial charge in [-0.2, -0.15) is 0 Å². The maximum absolute atomic E-state index is 13.0. The van der Waals surface area contributed by atoms with Gasteiger partial charge < -0.3 is 15.4 Å². The summed E-state index contributed by atoms with van der Waals surface area (Å²) in [6.07, 6.45) is -0.146. The monoisotopic (exact) mass is 564 g/mol. The lowest BCUT2D eigenvalue weighted by Gasteiger charge is -2.17. The molecule has 0 radical (unpaired) electrons. The Morgan fingerprint density at radius 2 is 1.68 bits per heavy atom. The summed E-state index contributed by atoms with van der Waals surface area (Å²) in [6, 6.07) is 13.2. The SMILES string of the molecule is CCNC(=NCc1ccc(CS(=O)(=O)NC)cc1)NCC(C)Oc1ccc(F)cc1.I. The minimum Gasteiger partial charge on any atom is -0.489 e. The van der Waals surface area contributed by atoms with Crippen molar-refractivity contribution in [3.63, 3.8) is 0 Å². The fourth-order valence-corrected chi connectivity index (χ4v) is 3.35. The van der Waals surface area contributed by atoms with E-state index in [-0.39, 0.29) is 41.7 Å². The van der Waals surface area contributed by atoms with Gasteiger partial charge in [0, 0.05) is 6.54 Å². The van der Waals surface area contributed by atoms with Gasteiger partial charge in [0.2, 0.25) is 10.0 Å². The summed E-state index contributed by atoms with van der Waals surface area (Å²) in [6.45, 7) is 5.57. The molecule has 0 heterocycles. The second kappa shape index (κ2) is 13.5. The molecule has 0 aliphatic carbocycles. The largest absolute Gasteiger partial charge is 0.489 e. The van der Waals surface area contributed by atoms with Crippen LogP contribution in [0.3, 0.4) is 0 Å². The molecule has 3 N–H and O–H groups in total. The van der Waals surface area contributed by atoms with Crippen LogP contribution in [0, 0.1) is 5.82 Å². The number of hydrogen-bond acceptors (Lipinski definition) is 4. The molecule has 0 amide bonds. The van der Waals surface area contributed by atoms with Crippen molar-refractivity contribution in [3.05, 3.63) is 65.5 Å². The summed E-state index contributed by atoms with van der Waals surface area (Å²) in [5.74, 6) is 0.900. The third kappa shape index (κ3) is 10.3. The summed E-state index contributed by atoms with van der Waals surface area (Å²) >= 11 is 0. The lowest BCUT2D eigenvalue weighted by atomic mass is 10.1. The Hall–Kier alpha value is -1.92. The molecule has 0 fully saturated rings. The van der Waals surface area contributed by atoms with Crippen LogP contribution >= 0.6 is 24.0 Å². The number of sulfonamides is 1. The van der Waals surface area contributed by atoms with Crippen LogP contribution in [0.5, 0.6) is 5.75 Å². The smallest absolute Gasteiger partial charge is 0.215 e. The summed E-state index contributed by atoms with van der Waals surface area (Å²) < 4.78 is 44.3. The van der Waals surface area contributed by atoms with Crippen LogP contribution in [0.4, 0.5) is 4.39 Å². The van der Waals surface area contributed by atoms with Gasteiger partial charge in [0.05, 0.1) is 18.8 Å². The molecule has 172 valence electrons. The van der Waals surface area contributed by atoms with Gasteiger partial charge in [-0.3, -0.25) is 0 Å². The van der Waals surface area contributed by atoms with E-state index in [1.165, 1.54) is 19.2 Å². The third-order valence-corrected chi connectivity index (χ3v) is 5.50. The molecule has 0 aliphatic rings. The molecular weight excluding hydrogens is 534 g/mol. The van der Waals surface area contributed by atoms with Gasteiger partial charge in [-0.15, -0.1) is 24.0 Å². The van der Waals surface area contributed by atoms with E-state index in [0.717, 1.165) is 5.56 Å². The average molecular weight is 564 g/mol. The van der Waals surface area contributed by atoms with Gasteiger partial charge in [0.1, 0.15) is 17.7 Å². The molecule has 0 saturated heterocycles. The first-order valence-electron chi connectivity index (χ1n) is 9.74. The fraction of sp³-hybridized carbons (Fsp3) is 0.381. The van der Waals surface area contributed by atoms with Gasteiger partial charge in [0.15, 0.2) is 5.96 Å². The van der Waals surface area contributed by atoms with Gasteiger partial charge in [-0.25, -0.2) is 22.5 Å². The van der Waals surface area contributed by atoms with E-state index in [0.29, 0.717) is 36.9 Å². The topological polar surface area (TPSA) is 91.8 Å². The van der Waals surface area contributed by atoms with Crippen LogP contribution in [-0.2, 0) is 22.3 Å². The van der Waals surface area contributed by atoms with Crippen molar-refractivity contribution in [1.82, 2.24) is 15.4 Å². The highest BCUT2D eigenvalue weighted by Gasteiger charge is 2.09. The summed E-state index contributed by atoms with van der Waals surface area (Å²) in [4.78, 5) is 4.55. The molecule has 0 bridgehead atoms. The number of aliphatic imine (C=N–C) groups is 1. The molecule has 10 heteroatoms. The summed E-state index contributed by atoms with van der Waals surface area (Å²) in [5.41, 5.74) is 1.68. The highest BCUT2D eigenvalue weighted by molar-refractivity contribution is 14.0. The molecule has 0 saturated carbocycles. The highest BCUT2D eigenvalue weighted by atomic mass is 127. The second-order valence-corrected chi connectivity index (χ2v) is 8.66. The molecule has 2 aromatic rings. The molecule has 0 aliphatic heterocycles. The second-order valence-electron chi connectivity index (χ2n) is 6.74. The molecule has 7 nitrogen and oxygen atoms in total. The first kappa shape index (κ1) is 27.1. The molecule has 1 atom stereocenters. The Labute approximate surface area is 201 Å². The Morgan fingerprint density at radius 3 is 2.26 bits per heavy atom. The van der Waals surface area contributed by atoms with Crippen molar-refractivity contribution < 1.29 is 17.5 Å². The number of nitrogens with one attached hydrogen (secondary N) is 3. The third-order valence-electron chi connectivity index (χ3n) is 4.16. The van der Waals surface area contributed by atoms with E-state index >= 15 is 0 Å². The van der Waals surface area contributed by atoms with Crippen LogP contribution in [-0.4, -0.2) is 40.6 Å². The maximum atomic E-state index is 13.0. The highest BCUT2D eigenvalue weighted by Crippen LogP contribution is 2.13. The Balaban J connectivity index is 0.00000480. The van der Waals surface area contributed by atoms with Crippen molar-refractivity contribution in [1.29, 1.82) is 0 Å². The number of halogens is 2.